The van der Waals surface area contributed by atoms with E-state index in [1.54, 1.807) is 0 Å². The summed E-state index contributed by atoms with van der Waals surface area (Å²) in [6.07, 6.45) is 3.99. The van der Waals surface area contributed by atoms with Gasteiger partial charge in [-0.15, -0.1) is 0 Å². The summed E-state index contributed by atoms with van der Waals surface area (Å²) < 4.78 is 19.5. The monoisotopic (exact) mass is 251 g/mol. The Labute approximate surface area is 109 Å². The number of fused-ring (bicyclic) bond motifs is 1. The number of rotatable bonds is 4. The van der Waals surface area contributed by atoms with Gasteiger partial charge in [0.25, 0.3) is 0 Å². The second-order valence-electron chi connectivity index (χ2n) is 5.12. The lowest BCUT2D eigenvalue weighted by molar-refractivity contribution is 0.0185. The van der Waals surface area contributed by atoms with Gasteiger partial charge < -0.3 is 10.1 Å². The van der Waals surface area contributed by atoms with Crippen molar-refractivity contribution in [1.29, 1.82) is 0 Å². The maximum absolute atomic E-state index is 13.4. The lowest BCUT2D eigenvalue weighted by Crippen LogP contribution is -2.43. The van der Waals surface area contributed by atoms with Crippen molar-refractivity contribution in [2.75, 3.05) is 7.05 Å². The highest BCUT2D eigenvalue weighted by molar-refractivity contribution is 5.39. The summed E-state index contributed by atoms with van der Waals surface area (Å²) in [6.45, 7) is 4.31. The molecule has 0 radical (unpaired) electrons. The molecule has 18 heavy (non-hydrogen) atoms. The molecule has 1 aromatic carbocycles. The predicted molar refractivity (Wildman–Crippen MR) is 71.4 cm³/mol. The van der Waals surface area contributed by atoms with Crippen LogP contribution in [0, 0.1) is 5.82 Å². The van der Waals surface area contributed by atoms with Gasteiger partial charge in [-0.25, -0.2) is 4.39 Å². The van der Waals surface area contributed by atoms with E-state index in [1.807, 2.05) is 13.1 Å². The molecule has 1 aliphatic rings. The fourth-order valence-corrected chi connectivity index (χ4v) is 2.90. The van der Waals surface area contributed by atoms with E-state index < -0.39 is 0 Å². The highest BCUT2D eigenvalue weighted by Gasteiger charge is 2.38. The van der Waals surface area contributed by atoms with Crippen LogP contribution in [0.2, 0.25) is 0 Å². The Kier molecular flexibility index (Phi) is 3.91. The van der Waals surface area contributed by atoms with E-state index in [0.717, 1.165) is 31.2 Å². The van der Waals surface area contributed by atoms with Crippen LogP contribution in [-0.2, 0) is 0 Å². The lowest BCUT2D eigenvalue weighted by Gasteiger charge is -2.42. The van der Waals surface area contributed by atoms with Crippen molar-refractivity contribution in [2.24, 2.45) is 0 Å². The smallest absolute Gasteiger partial charge is 0.127 e. The zero-order valence-corrected chi connectivity index (χ0v) is 11.4. The van der Waals surface area contributed by atoms with Gasteiger partial charge in [-0.3, -0.25) is 0 Å². The fraction of sp³-hybridized carbons (Fsp3) is 0.600. The topological polar surface area (TPSA) is 21.3 Å². The van der Waals surface area contributed by atoms with Crippen LogP contribution in [0.15, 0.2) is 18.2 Å². The van der Waals surface area contributed by atoms with Crippen LogP contribution in [0.25, 0.3) is 0 Å². The quantitative estimate of drug-likeness (QED) is 0.878. The minimum Gasteiger partial charge on any atom is -0.487 e. The van der Waals surface area contributed by atoms with Crippen LogP contribution in [0.1, 0.15) is 51.1 Å². The minimum absolute atomic E-state index is 0.150. The maximum atomic E-state index is 13.4. The first-order chi connectivity index (χ1) is 8.64. The highest BCUT2D eigenvalue weighted by atomic mass is 19.1. The highest BCUT2D eigenvalue weighted by Crippen LogP contribution is 2.43. The van der Waals surface area contributed by atoms with Gasteiger partial charge in [-0.1, -0.05) is 26.3 Å². The molecular weight excluding hydrogens is 229 g/mol. The lowest BCUT2D eigenvalue weighted by atomic mass is 9.82. The van der Waals surface area contributed by atoms with Gasteiger partial charge in [0, 0.05) is 24.1 Å². The van der Waals surface area contributed by atoms with Crippen LogP contribution in [0.4, 0.5) is 4.39 Å². The molecule has 3 heteroatoms. The van der Waals surface area contributed by atoms with Gasteiger partial charge in [0.15, 0.2) is 0 Å². The summed E-state index contributed by atoms with van der Waals surface area (Å²) in [5.41, 5.74) is 0.919. The Morgan fingerprint density at radius 3 is 2.83 bits per heavy atom. The Morgan fingerprint density at radius 2 is 2.22 bits per heavy atom. The maximum Gasteiger partial charge on any atom is 0.127 e. The van der Waals surface area contributed by atoms with Crippen LogP contribution in [0.5, 0.6) is 5.75 Å². The van der Waals surface area contributed by atoms with Crippen molar-refractivity contribution >= 4 is 0 Å². The summed E-state index contributed by atoms with van der Waals surface area (Å²) in [5, 5.41) is 3.32. The molecule has 1 heterocycles. The molecule has 2 rings (SSSR count). The second kappa shape index (κ2) is 5.27. The molecule has 1 N–H and O–H groups in total. The Morgan fingerprint density at radius 1 is 1.44 bits per heavy atom. The molecular formula is C15H22FNO. The molecule has 1 aromatic rings. The van der Waals surface area contributed by atoms with Crippen LogP contribution in [0.3, 0.4) is 0 Å². The molecule has 100 valence electrons. The third-order valence-electron chi connectivity index (χ3n) is 3.95. The van der Waals surface area contributed by atoms with Crippen molar-refractivity contribution in [3.63, 3.8) is 0 Å². The van der Waals surface area contributed by atoms with E-state index in [1.165, 1.54) is 12.1 Å². The number of halogens is 1. The van der Waals surface area contributed by atoms with Crippen molar-refractivity contribution in [3.8, 4) is 5.75 Å². The van der Waals surface area contributed by atoms with E-state index >= 15 is 0 Å². The first kappa shape index (κ1) is 13.3. The summed E-state index contributed by atoms with van der Waals surface area (Å²) in [4.78, 5) is 0. The zero-order valence-electron chi connectivity index (χ0n) is 11.4. The zero-order chi connectivity index (χ0) is 13.2. The Hall–Kier alpha value is -1.09. The second-order valence-corrected chi connectivity index (χ2v) is 5.12. The summed E-state index contributed by atoms with van der Waals surface area (Å²) in [6, 6.07) is 5.10. The molecule has 0 bridgehead atoms. The van der Waals surface area contributed by atoms with E-state index in [2.05, 4.69) is 19.2 Å². The first-order valence-electron chi connectivity index (χ1n) is 6.80. The van der Waals surface area contributed by atoms with Gasteiger partial charge in [-0.05, 0) is 26.0 Å². The molecule has 2 nitrogen and oxygen atoms in total. The van der Waals surface area contributed by atoms with Gasteiger partial charge in [0.2, 0.25) is 0 Å². The van der Waals surface area contributed by atoms with Crippen molar-refractivity contribution in [3.05, 3.63) is 29.6 Å². The molecule has 2 unspecified atom stereocenters. The first-order valence-corrected chi connectivity index (χ1v) is 6.80. The summed E-state index contributed by atoms with van der Waals surface area (Å²) in [7, 11) is 1.95. The number of hydrogen-bond donors (Lipinski definition) is 1. The van der Waals surface area contributed by atoms with Gasteiger partial charge in [-0.2, -0.15) is 0 Å². The van der Waals surface area contributed by atoms with Gasteiger partial charge in [0.1, 0.15) is 17.2 Å². The number of ether oxygens (including phenoxy) is 1. The molecule has 0 aromatic heterocycles. The van der Waals surface area contributed by atoms with Crippen molar-refractivity contribution < 1.29 is 9.13 Å². The molecule has 0 spiro atoms. The summed E-state index contributed by atoms with van der Waals surface area (Å²) >= 11 is 0. The number of hydrogen-bond acceptors (Lipinski definition) is 2. The third-order valence-corrected chi connectivity index (χ3v) is 3.95. The van der Waals surface area contributed by atoms with Gasteiger partial charge in [0.05, 0.1) is 0 Å². The van der Waals surface area contributed by atoms with E-state index in [0.29, 0.717) is 5.75 Å². The average Bonchev–Trinajstić information content (AvgIpc) is 2.37. The molecule has 0 amide bonds. The van der Waals surface area contributed by atoms with Crippen molar-refractivity contribution in [2.45, 2.75) is 51.2 Å². The number of nitrogens with one attached hydrogen (secondary N) is 1. The predicted octanol–water partition coefficient (Wildman–Crippen LogP) is 3.82. The average molecular weight is 251 g/mol. The molecule has 1 aliphatic heterocycles. The Balaban J connectivity index is 2.39. The molecule has 0 saturated carbocycles. The SMILES string of the molecule is CCCC1(CC)CC(NC)c2ccc(F)cc2O1. The van der Waals surface area contributed by atoms with Crippen LogP contribution in [-0.4, -0.2) is 12.6 Å². The normalized spacial score (nSPS) is 26.6. The molecule has 0 saturated heterocycles. The largest absolute Gasteiger partial charge is 0.487 e. The van der Waals surface area contributed by atoms with Crippen molar-refractivity contribution in [1.82, 2.24) is 5.32 Å². The van der Waals surface area contributed by atoms with Gasteiger partial charge >= 0.3 is 0 Å². The van der Waals surface area contributed by atoms with Crippen LogP contribution >= 0.6 is 0 Å². The molecule has 2 atom stereocenters. The van der Waals surface area contributed by atoms with E-state index in [4.69, 9.17) is 4.74 Å². The third kappa shape index (κ3) is 2.37. The fourth-order valence-electron chi connectivity index (χ4n) is 2.90. The van der Waals surface area contributed by atoms with E-state index in [9.17, 15) is 4.39 Å². The van der Waals surface area contributed by atoms with E-state index in [-0.39, 0.29) is 17.5 Å². The molecule has 0 fully saturated rings. The molecule has 0 aliphatic carbocycles. The van der Waals surface area contributed by atoms with Crippen LogP contribution < -0.4 is 10.1 Å². The summed E-state index contributed by atoms with van der Waals surface area (Å²) in [5.74, 6) is 0.475. The number of benzene rings is 1. The Bertz CT molecular complexity index is 421. The standard InChI is InChI=1S/C15H22FNO/c1-4-8-15(5-2)10-13(17-3)12-7-6-11(16)9-14(12)18-15/h6-7,9,13,17H,4-5,8,10H2,1-3H3. The minimum atomic E-state index is -0.230.